The number of hydrogen-bond donors (Lipinski definition) is 0. The van der Waals surface area contributed by atoms with E-state index in [2.05, 4.69) is 0 Å². The van der Waals surface area contributed by atoms with Gasteiger partial charge in [-0.3, -0.25) is 4.79 Å². The smallest absolute Gasteiger partial charge is 0.340 e. The van der Waals surface area contributed by atoms with Gasteiger partial charge in [0.05, 0.1) is 19.8 Å². The van der Waals surface area contributed by atoms with Gasteiger partial charge in [-0.05, 0) is 55.2 Å². The van der Waals surface area contributed by atoms with Gasteiger partial charge in [-0.25, -0.2) is 4.79 Å². The fraction of sp³-hybridized carbons (Fsp3) is 0.304. The van der Waals surface area contributed by atoms with E-state index < -0.39 is 12.1 Å². The van der Waals surface area contributed by atoms with Gasteiger partial charge in [0, 0.05) is 12.7 Å². The van der Waals surface area contributed by atoms with Crippen molar-refractivity contribution in [3.63, 3.8) is 0 Å². The molecule has 1 unspecified atom stereocenters. The van der Waals surface area contributed by atoms with Crippen molar-refractivity contribution in [2.75, 3.05) is 20.8 Å². The summed E-state index contributed by atoms with van der Waals surface area (Å²) in [6.07, 6.45) is 2.59. The summed E-state index contributed by atoms with van der Waals surface area (Å²) in [5.41, 5.74) is 1.86. The molecule has 0 spiro atoms. The van der Waals surface area contributed by atoms with E-state index in [0.717, 1.165) is 12.0 Å². The lowest BCUT2D eigenvalue weighted by Gasteiger charge is -2.11. The molecule has 0 saturated carbocycles. The summed E-state index contributed by atoms with van der Waals surface area (Å²) in [5.74, 6) is 1.35. The van der Waals surface area contributed by atoms with Crippen LogP contribution in [0.5, 0.6) is 23.0 Å². The van der Waals surface area contributed by atoms with Gasteiger partial charge in [0.15, 0.2) is 23.4 Å². The van der Waals surface area contributed by atoms with Crippen LogP contribution in [0.1, 0.15) is 34.3 Å². The molecule has 7 heteroatoms. The van der Waals surface area contributed by atoms with Crippen molar-refractivity contribution in [2.24, 2.45) is 0 Å². The number of methoxy groups -OCH3 is 2. The molecule has 0 N–H and O–H groups in total. The molecule has 1 fully saturated rings. The number of fused-ring (bicyclic) bond motifs is 1. The number of carbonyl (C=O) groups excluding carboxylic acids is 2. The van der Waals surface area contributed by atoms with E-state index in [1.54, 1.807) is 57.6 Å². The first-order valence-corrected chi connectivity index (χ1v) is 9.64. The van der Waals surface area contributed by atoms with E-state index in [1.807, 2.05) is 0 Å². The zero-order chi connectivity index (χ0) is 21.3. The number of aryl methyl sites for hydroxylation is 1. The Morgan fingerprint density at radius 3 is 2.63 bits per heavy atom. The average molecular weight is 410 g/mol. The van der Waals surface area contributed by atoms with Gasteiger partial charge in [-0.2, -0.15) is 0 Å². The van der Waals surface area contributed by atoms with Crippen molar-refractivity contribution in [2.45, 2.75) is 25.9 Å². The van der Waals surface area contributed by atoms with E-state index >= 15 is 0 Å². The fourth-order valence-electron chi connectivity index (χ4n) is 3.58. The van der Waals surface area contributed by atoms with Crippen LogP contribution in [0.4, 0.5) is 0 Å². The zero-order valence-electron chi connectivity index (χ0n) is 17.0. The second-order valence-corrected chi connectivity index (χ2v) is 7.09. The SMILES string of the molecule is COc1ccc(/C=C2\Oc3cc(OC(=O)C4CCCO4)cc(C)c3C2=O)cc1OC. The lowest BCUT2D eigenvalue weighted by atomic mass is 10.0. The predicted octanol–water partition coefficient (Wildman–Crippen LogP) is 3.71. The molecule has 1 atom stereocenters. The number of rotatable bonds is 5. The summed E-state index contributed by atoms with van der Waals surface area (Å²) < 4.78 is 27.1. The van der Waals surface area contributed by atoms with Crippen molar-refractivity contribution < 1.29 is 33.3 Å². The Balaban J connectivity index is 1.58. The van der Waals surface area contributed by atoms with Crippen molar-refractivity contribution in [3.8, 4) is 23.0 Å². The minimum absolute atomic E-state index is 0.183. The molecular formula is C23H22O7. The van der Waals surface area contributed by atoms with E-state index in [9.17, 15) is 9.59 Å². The molecular weight excluding hydrogens is 388 g/mol. The van der Waals surface area contributed by atoms with Crippen LogP contribution in [0.15, 0.2) is 36.1 Å². The largest absolute Gasteiger partial charge is 0.493 e. The van der Waals surface area contributed by atoms with Crippen LogP contribution in [-0.4, -0.2) is 38.7 Å². The van der Waals surface area contributed by atoms with Crippen LogP contribution in [0, 0.1) is 6.92 Å². The quantitative estimate of drug-likeness (QED) is 0.422. The minimum atomic E-state index is -0.540. The molecule has 4 rings (SSSR count). The number of hydrogen-bond acceptors (Lipinski definition) is 7. The van der Waals surface area contributed by atoms with E-state index in [0.29, 0.717) is 47.2 Å². The maximum atomic E-state index is 12.9. The second-order valence-electron chi connectivity index (χ2n) is 7.09. The number of Topliss-reactive ketones (excluding diaryl/α,β-unsaturated/α-hetero) is 1. The molecule has 0 bridgehead atoms. The third-order valence-electron chi connectivity index (χ3n) is 5.06. The van der Waals surface area contributed by atoms with Crippen LogP contribution >= 0.6 is 0 Å². The number of esters is 1. The Kier molecular flexibility index (Phi) is 5.46. The van der Waals surface area contributed by atoms with Gasteiger partial charge < -0.3 is 23.7 Å². The van der Waals surface area contributed by atoms with E-state index in [4.69, 9.17) is 23.7 Å². The lowest BCUT2D eigenvalue weighted by molar-refractivity contribution is -0.144. The van der Waals surface area contributed by atoms with Gasteiger partial charge in [-0.1, -0.05) is 6.07 Å². The molecule has 7 nitrogen and oxygen atoms in total. The van der Waals surface area contributed by atoms with Crippen LogP contribution in [0.3, 0.4) is 0 Å². The normalized spacial score (nSPS) is 18.8. The van der Waals surface area contributed by atoms with Gasteiger partial charge in [0.25, 0.3) is 0 Å². The van der Waals surface area contributed by atoms with Gasteiger partial charge in [0.1, 0.15) is 11.5 Å². The highest BCUT2D eigenvalue weighted by atomic mass is 16.6. The molecule has 0 amide bonds. The van der Waals surface area contributed by atoms with Crippen LogP contribution in [0.2, 0.25) is 0 Å². The maximum Gasteiger partial charge on any atom is 0.340 e. The van der Waals surface area contributed by atoms with Crippen molar-refractivity contribution in [1.29, 1.82) is 0 Å². The second kappa shape index (κ2) is 8.20. The highest BCUT2D eigenvalue weighted by molar-refractivity contribution is 6.15. The molecule has 0 aliphatic carbocycles. The zero-order valence-corrected chi connectivity index (χ0v) is 17.0. The van der Waals surface area contributed by atoms with E-state index in [-0.39, 0.29) is 11.5 Å². The summed E-state index contributed by atoms with van der Waals surface area (Å²) in [6.45, 7) is 2.34. The Labute approximate surface area is 174 Å². The third kappa shape index (κ3) is 3.76. The monoisotopic (exact) mass is 410 g/mol. The van der Waals surface area contributed by atoms with Crippen LogP contribution in [-0.2, 0) is 9.53 Å². The van der Waals surface area contributed by atoms with E-state index in [1.165, 1.54) is 0 Å². The Bertz CT molecular complexity index is 1030. The average Bonchev–Trinajstić information content (AvgIpc) is 3.37. The molecule has 2 aliphatic rings. The standard InChI is InChI=1S/C23H22O7/c1-13-9-15(29-23(25)17-5-4-8-28-17)12-19-21(13)22(24)20(30-19)11-14-6-7-16(26-2)18(10-14)27-3/h6-7,9-12,17H,4-5,8H2,1-3H3/b20-11-. The first-order valence-electron chi connectivity index (χ1n) is 9.64. The van der Waals surface area contributed by atoms with Gasteiger partial charge >= 0.3 is 5.97 Å². The summed E-state index contributed by atoms with van der Waals surface area (Å²) in [7, 11) is 3.10. The molecule has 30 heavy (non-hydrogen) atoms. The summed E-state index contributed by atoms with van der Waals surface area (Å²) >= 11 is 0. The van der Waals surface area contributed by atoms with Gasteiger partial charge in [-0.15, -0.1) is 0 Å². The Morgan fingerprint density at radius 2 is 1.93 bits per heavy atom. The highest BCUT2D eigenvalue weighted by Crippen LogP contribution is 2.38. The Morgan fingerprint density at radius 1 is 1.13 bits per heavy atom. The molecule has 2 aromatic rings. The van der Waals surface area contributed by atoms with Crippen LogP contribution < -0.4 is 18.9 Å². The fourth-order valence-corrected chi connectivity index (χ4v) is 3.58. The maximum absolute atomic E-state index is 12.9. The summed E-state index contributed by atoms with van der Waals surface area (Å²) in [5, 5.41) is 0. The lowest BCUT2D eigenvalue weighted by Crippen LogP contribution is -2.24. The number of ketones is 1. The molecule has 0 aromatic heterocycles. The number of ether oxygens (including phenoxy) is 5. The molecule has 156 valence electrons. The van der Waals surface area contributed by atoms with Crippen molar-refractivity contribution in [3.05, 3.63) is 52.8 Å². The van der Waals surface area contributed by atoms with Crippen molar-refractivity contribution in [1.82, 2.24) is 0 Å². The molecule has 2 aliphatic heterocycles. The third-order valence-corrected chi connectivity index (χ3v) is 5.06. The molecule has 1 saturated heterocycles. The number of carbonyl (C=O) groups is 2. The molecule has 2 heterocycles. The topological polar surface area (TPSA) is 80.3 Å². The first-order chi connectivity index (χ1) is 14.5. The molecule has 2 aromatic carbocycles. The van der Waals surface area contributed by atoms with Gasteiger partial charge in [0.2, 0.25) is 5.78 Å². The highest BCUT2D eigenvalue weighted by Gasteiger charge is 2.31. The number of allylic oxidation sites excluding steroid dienone is 1. The van der Waals surface area contributed by atoms with Crippen molar-refractivity contribution >= 4 is 17.8 Å². The number of benzene rings is 2. The Hall–Kier alpha value is -3.32. The molecule has 0 radical (unpaired) electrons. The first kappa shape index (κ1) is 20.0. The predicted molar refractivity (Wildman–Crippen MR) is 108 cm³/mol. The summed E-state index contributed by atoms with van der Waals surface area (Å²) in [4.78, 5) is 25.1. The summed E-state index contributed by atoms with van der Waals surface area (Å²) in [6, 6.07) is 8.53. The van der Waals surface area contributed by atoms with Crippen LogP contribution in [0.25, 0.3) is 6.08 Å². The minimum Gasteiger partial charge on any atom is -0.493 e.